The molecule has 3 aromatic heterocycles. The van der Waals surface area contributed by atoms with Gasteiger partial charge >= 0.3 is 0 Å². The van der Waals surface area contributed by atoms with Crippen LogP contribution in [-0.2, 0) is 0 Å². The van der Waals surface area contributed by atoms with E-state index in [-0.39, 0.29) is 5.56 Å². The van der Waals surface area contributed by atoms with Crippen molar-refractivity contribution < 1.29 is 9.18 Å². The number of rotatable bonds is 5. The molecule has 0 unspecified atom stereocenters. The normalized spacial score (nSPS) is 11.7. The van der Waals surface area contributed by atoms with Gasteiger partial charge in [-0.05, 0) is 55.0 Å². The molecule has 9 heteroatoms. The van der Waals surface area contributed by atoms with Gasteiger partial charge in [-0.15, -0.1) is 0 Å². The van der Waals surface area contributed by atoms with Crippen molar-refractivity contribution in [2.75, 3.05) is 0 Å². The van der Waals surface area contributed by atoms with E-state index >= 15 is 0 Å². The molecule has 0 saturated heterocycles. The summed E-state index contributed by atoms with van der Waals surface area (Å²) in [7, 11) is 0. The lowest BCUT2D eigenvalue weighted by atomic mass is 10.1. The third-order valence-electron chi connectivity index (χ3n) is 4.78. The highest BCUT2D eigenvalue weighted by atomic mass is 35.5. The van der Waals surface area contributed by atoms with Crippen molar-refractivity contribution in [1.82, 2.24) is 25.1 Å². The number of carbonyl (C=O) groups excluding carboxylic acids is 1. The van der Waals surface area contributed by atoms with Crippen LogP contribution in [0.1, 0.15) is 28.9 Å². The van der Waals surface area contributed by atoms with Gasteiger partial charge in [0.05, 0.1) is 23.6 Å². The topological polar surface area (TPSA) is 89.8 Å². The molecular formula is C23H17ClFN5O2. The van der Waals surface area contributed by atoms with Crippen molar-refractivity contribution in [1.29, 1.82) is 0 Å². The highest BCUT2D eigenvalue weighted by molar-refractivity contribution is 6.30. The first-order chi connectivity index (χ1) is 15.4. The van der Waals surface area contributed by atoms with E-state index in [1.54, 1.807) is 55.6 Å². The largest absolute Gasteiger partial charge is 0.345 e. The number of amides is 1. The maximum Gasteiger partial charge on any atom is 0.284 e. The summed E-state index contributed by atoms with van der Waals surface area (Å²) >= 11 is 5.98. The van der Waals surface area contributed by atoms with E-state index in [0.717, 1.165) is 4.68 Å². The molecule has 0 aliphatic heterocycles. The van der Waals surface area contributed by atoms with Crippen LogP contribution in [0.3, 0.4) is 0 Å². The van der Waals surface area contributed by atoms with Gasteiger partial charge in [-0.3, -0.25) is 14.6 Å². The number of hydrogen-bond acceptors (Lipinski definition) is 5. The van der Waals surface area contributed by atoms with Crippen LogP contribution in [0, 0.1) is 5.95 Å². The van der Waals surface area contributed by atoms with Crippen molar-refractivity contribution in [3.63, 3.8) is 0 Å². The SMILES string of the molecule is C[C@H](NC(=O)c1cc(-c2ccc(Cl)cc2)nn(-c2cccnc2)c1=O)c1ccnc(F)c1. The van der Waals surface area contributed by atoms with Crippen LogP contribution in [0.5, 0.6) is 0 Å². The minimum absolute atomic E-state index is 0.116. The van der Waals surface area contributed by atoms with Gasteiger partial charge in [0.1, 0.15) is 5.56 Å². The first-order valence-corrected chi connectivity index (χ1v) is 10.0. The zero-order valence-corrected chi connectivity index (χ0v) is 17.6. The first-order valence-electron chi connectivity index (χ1n) is 9.65. The van der Waals surface area contributed by atoms with Crippen LogP contribution in [0.4, 0.5) is 4.39 Å². The number of pyridine rings is 2. The molecule has 0 bridgehead atoms. The van der Waals surface area contributed by atoms with Crippen molar-refractivity contribution in [3.05, 3.63) is 106 Å². The summed E-state index contributed by atoms with van der Waals surface area (Å²) in [6, 6.07) is 13.9. The summed E-state index contributed by atoms with van der Waals surface area (Å²) in [6.07, 6.45) is 4.36. The van der Waals surface area contributed by atoms with Crippen molar-refractivity contribution >= 4 is 17.5 Å². The van der Waals surface area contributed by atoms with E-state index in [1.807, 2.05) is 0 Å². The molecule has 0 radical (unpaired) electrons. The molecule has 0 aliphatic rings. The molecule has 3 heterocycles. The Hall–Kier alpha value is -3.91. The second-order valence-corrected chi connectivity index (χ2v) is 7.42. The van der Waals surface area contributed by atoms with Crippen molar-refractivity contribution in [3.8, 4) is 16.9 Å². The molecule has 4 rings (SSSR count). The zero-order chi connectivity index (χ0) is 22.7. The van der Waals surface area contributed by atoms with E-state index in [2.05, 4.69) is 20.4 Å². The van der Waals surface area contributed by atoms with E-state index in [9.17, 15) is 14.0 Å². The number of aromatic nitrogens is 4. The van der Waals surface area contributed by atoms with Gasteiger partial charge < -0.3 is 5.32 Å². The summed E-state index contributed by atoms with van der Waals surface area (Å²) in [5.41, 5.74) is 1.27. The smallest absolute Gasteiger partial charge is 0.284 e. The van der Waals surface area contributed by atoms with Crippen LogP contribution in [0.25, 0.3) is 16.9 Å². The number of nitrogens with one attached hydrogen (secondary N) is 1. The highest BCUT2D eigenvalue weighted by Crippen LogP contribution is 2.21. The number of benzene rings is 1. The van der Waals surface area contributed by atoms with E-state index < -0.39 is 23.5 Å². The number of hydrogen-bond donors (Lipinski definition) is 1. The Balaban J connectivity index is 1.78. The molecule has 0 saturated carbocycles. The molecule has 1 N–H and O–H groups in total. The first kappa shape index (κ1) is 21.3. The minimum atomic E-state index is -0.656. The molecular weight excluding hydrogens is 433 g/mol. The van der Waals surface area contributed by atoms with Gasteiger partial charge in [0.25, 0.3) is 11.5 Å². The second-order valence-electron chi connectivity index (χ2n) is 6.99. The fourth-order valence-corrected chi connectivity index (χ4v) is 3.24. The molecule has 0 spiro atoms. The Bertz CT molecular complexity index is 1330. The third-order valence-corrected chi connectivity index (χ3v) is 5.04. The maximum absolute atomic E-state index is 13.5. The molecule has 1 amide bonds. The van der Waals surface area contributed by atoms with Crippen LogP contribution in [0.2, 0.25) is 5.02 Å². The second kappa shape index (κ2) is 9.07. The Morgan fingerprint density at radius 2 is 1.91 bits per heavy atom. The van der Waals surface area contributed by atoms with Gasteiger partial charge in [-0.2, -0.15) is 14.2 Å². The molecule has 0 fully saturated rings. The van der Waals surface area contributed by atoms with E-state index in [1.165, 1.54) is 24.5 Å². The molecule has 4 aromatic rings. The van der Waals surface area contributed by atoms with Gasteiger partial charge in [-0.1, -0.05) is 23.7 Å². The maximum atomic E-state index is 13.5. The summed E-state index contributed by atoms with van der Waals surface area (Å²) < 4.78 is 14.6. The van der Waals surface area contributed by atoms with Gasteiger partial charge in [0, 0.05) is 23.0 Å². The molecule has 1 atom stereocenters. The fraction of sp³-hybridized carbons (Fsp3) is 0.0870. The lowest BCUT2D eigenvalue weighted by Crippen LogP contribution is -2.35. The number of nitrogens with zero attached hydrogens (tertiary/aromatic N) is 4. The molecule has 160 valence electrons. The summed E-state index contributed by atoms with van der Waals surface area (Å²) in [5.74, 6) is -1.27. The molecule has 7 nitrogen and oxygen atoms in total. The minimum Gasteiger partial charge on any atom is -0.345 e. The Kier molecular flexibility index (Phi) is 6.04. The van der Waals surface area contributed by atoms with E-state index in [0.29, 0.717) is 27.5 Å². The number of halogens is 2. The Morgan fingerprint density at radius 1 is 1.12 bits per heavy atom. The standard InChI is InChI=1S/C23H17ClFN5O2/c1-14(16-8-10-27-21(25)11-16)28-22(31)19-12-20(15-4-6-17(24)7-5-15)29-30(23(19)32)18-3-2-9-26-13-18/h2-14H,1H3,(H,28,31)/t14-/m0/s1. The lowest BCUT2D eigenvalue weighted by Gasteiger charge is -2.15. The highest BCUT2D eigenvalue weighted by Gasteiger charge is 2.20. The van der Waals surface area contributed by atoms with Crippen molar-refractivity contribution in [2.24, 2.45) is 0 Å². The Labute approximate surface area is 187 Å². The van der Waals surface area contributed by atoms with Gasteiger partial charge in [0.15, 0.2) is 0 Å². The predicted octanol–water partition coefficient (Wildman–Crippen LogP) is 3.97. The van der Waals surface area contributed by atoms with Crippen LogP contribution in [-0.4, -0.2) is 25.7 Å². The summed E-state index contributed by atoms with van der Waals surface area (Å²) in [6.45, 7) is 1.69. The Morgan fingerprint density at radius 3 is 2.59 bits per heavy atom. The average molecular weight is 450 g/mol. The predicted molar refractivity (Wildman–Crippen MR) is 118 cm³/mol. The fourth-order valence-electron chi connectivity index (χ4n) is 3.12. The van der Waals surface area contributed by atoms with Gasteiger partial charge in [-0.25, -0.2) is 4.98 Å². The van der Waals surface area contributed by atoms with Crippen molar-refractivity contribution in [2.45, 2.75) is 13.0 Å². The lowest BCUT2D eigenvalue weighted by molar-refractivity contribution is 0.0937. The quantitative estimate of drug-likeness (QED) is 0.465. The average Bonchev–Trinajstić information content (AvgIpc) is 2.80. The monoisotopic (exact) mass is 449 g/mol. The van der Waals surface area contributed by atoms with E-state index in [4.69, 9.17) is 11.6 Å². The third kappa shape index (κ3) is 4.55. The zero-order valence-electron chi connectivity index (χ0n) is 16.9. The summed E-state index contributed by atoms with van der Waals surface area (Å²) in [5, 5.41) is 7.70. The van der Waals surface area contributed by atoms with Crippen LogP contribution in [0.15, 0.2) is 78.0 Å². The number of carbonyl (C=O) groups is 1. The summed E-state index contributed by atoms with van der Waals surface area (Å²) in [4.78, 5) is 33.7. The van der Waals surface area contributed by atoms with Crippen LogP contribution < -0.4 is 10.9 Å². The molecule has 0 aliphatic carbocycles. The molecule has 32 heavy (non-hydrogen) atoms. The van der Waals surface area contributed by atoms with Crippen LogP contribution >= 0.6 is 11.6 Å². The van der Waals surface area contributed by atoms with Gasteiger partial charge in [0.2, 0.25) is 5.95 Å². The molecule has 1 aromatic carbocycles.